The number of aliphatic imine (C=N–C) groups is 1. The Balaban J connectivity index is 1.56. The van der Waals surface area contributed by atoms with Gasteiger partial charge >= 0.3 is 0 Å². The number of benzene rings is 1. The number of hydrazine groups is 1. The van der Waals surface area contributed by atoms with Crippen LogP contribution < -0.4 is 16.2 Å². The van der Waals surface area contributed by atoms with Crippen molar-refractivity contribution in [3.05, 3.63) is 48.2 Å². The van der Waals surface area contributed by atoms with Gasteiger partial charge in [-0.25, -0.2) is 14.1 Å². The number of guanidine groups is 1. The summed E-state index contributed by atoms with van der Waals surface area (Å²) in [6.45, 7) is 8.85. The lowest BCUT2D eigenvalue weighted by atomic mass is 9.79. The van der Waals surface area contributed by atoms with Crippen LogP contribution in [-0.4, -0.2) is 49.9 Å². The second kappa shape index (κ2) is 7.56. The predicted octanol–water partition coefficient (Wildman–Crippen LogP) is 2.72. The van der Waals surface area contributed by atoms with Gasteiger partial charge in [0.2, 0.25) is 5.96 Å². The largest absolute Gasteiger partial charge is 0.507 e. The molecule has 9 heteroatoms. The standard InChI is InChI=1S/C22H30FN7O/c1-21(2)11-14(12-22(3,4)28-21)29(5)20-24-13-17(26-27-20)15-9-16(23)18(10-19(15)31)30-8-6-7-25-30/h6-10,13-14,26,28,31H,11-12H2,1-5H3,(H,24,27). The van der Waals surface area contributed by atoms with E-state index < -0.39 is 5.82 Å². The molecule has 1 aromatic carbocycles. The van der Waals surface area contributed by atoms with E-state index in [1.165, 1.54) is 16.8 Å². The first-order valence-corrected chi connectivity index (χ1v) is 10.4. The summed E-state index contributed by atoms with van der Waals surface area (Å²) in [7, 11) is 2.02. The van der Waals surface area contributed by atoms with E-state index in [-0.39, 0.29) is 22.5 Å². The van der Waals surface area contributed by atoms with Crippen molar-refractivity contribution in [2.24, 2.45) is 4.99 Å². The number of piperidine rings is 1. The third kappa shape index (κ3) is 4.36. The lowest BCUT2D eigenvalue weighted by Crippen LogP contribution is -2.63. The molecule has 3 heterocycles. The van der Waals surface area contributed by atoms with Crippen LogP contribution in [-0.2, 0) is 0 Å². The van der Waals surface area contributed by atoms with Gasteiger partial charge in [-0.05, 0) is 52.7 Å². The van der Waals surface area contributed by atoms with E-state index in [0.717, 1.165) is 12.8 Å². The van der Waals surface area contributed by atoms with Gasteiger partial charge in [-0.1, -0.05) is 0 Å². The minimum absolute atomic E-state index is 0.0178. The molecule has 2 aliphatic heterocycles. The highest BCUT2D eigenvalue weighted by atomic mass is 19.1. The Morgan fingerprint density at radius 3 is 2.45 bits per heavy atom. The summed E-state index contributed by atoms with van der Waals surface area (Å²) in [5, 5.41) is 18.2. The lowest BCUT2D eigenvalue weighted by molar-refractivity contribution is 0.111. The van der Waals surface area contributed by atoms with E-state index >= 15 is 0 Å². The number of hydrogen-bond acceptors (Lipinski definition) is 7. The molecular weight excluding hydrogens is 397 g/mol. The molecular formula is C22H30FN7O. The molecule has 0 radical (unpaired) electrons. The second-order valence-electron chi connectivity index (χ2n) is 9.58. The maximum atomic E-state index is 14.6. The van der Waals surface area contributed by atoms with Crippen LogP contribution in [0.5, 0.6) is 5.75 Å². The molecule has 0 aliphatic carbocycles. The fraction of sp³-hybridized carbons (Fsp3) is 0.455. The van der Waals surface area contributed by atoms with Gasteiger partial charge in [-0.15, -0.1) is 0 Å². The molecule has 0 amide bonds. The van der Waals surface area contributed by atoms with Crippen LogP contribution in [0.1, 0.15) is 46.1 Å². The number of nitrogens with zero attached hydrogens (tertiary/aromatic N) is 4. The maximum absolute atomic E-state index is 14.6. The van der Waals surface area contributed by atoms with Gasteiger partial charge in [0.1, 0.15) is 17.3 Å². The van der Waals surface area contributed by atoms with Crippen LogP contribution in [0.4, 0.5) is 4.39 Å². The first-order valence-electron chi connectivity index (χ1n) is 10.4. The molecule has 31 heavy (non-hydrogen) atoms. The third-order valence-electron chi connectivity index (χ3n) is 5.78. The first-order chi connectivity index (χ1) is 14.5. The van der Waals surface area contributed by atoms with Crippen LogP contribution in [0, 0.1) is 5.82 Å². The van der Waals surface area contributed by atoms with Gasteiger partial charge in [0.25, 0.3) is 0 Å². The van der Waals surface area contributed by atoms with Crippen molar-refractivity contribution in [3.63, 3.8) is 0 Å². The number of rotatable bonds is 3. The number of hydrogen-bond donors (Lipinski definition) is 4. The lowest BCUT2D eigenvalue weighted by Gasteiger charge is -2.49. The van der Waals surface area contributed by atoms with Gasteiger partial charge in [0.15, 0.2) is 0 Å². The predicted molar refractivity (Wildman–Crippen MR) is 119 cm³/mol. The molecule has 8 nitrogen and oxygen atoms in total. The van der Waals surface area contributed by atoms with Gasteiger partial charge < -0.3 is 15.3 Å². The van der Waals surface area contributed by atoms with E-state index in [0.29, 0.717) is 23.3 Å². The van der Waals surface area contributed by atoms with Crippen molar-refractivity contribution >= 4 is 11.7 Å². The fourth-order valence-corrected chi connectivity index (χ4v) is 4.70. The maximum Gasteiger partial charge on any atom is 0.217 e. The number of aromatic nitrogens is 2. The van der Waals surface area contributed by atoms with Gasteiger partial charge in [0, 0.05) is 48.2 Å². The molecule has 4 N–H and O–H groups in total. The molecule has 2 aliphatic rings. The summed E-state index contributed by atoms with van der Waals surface area (Å²) in [6, 6.07) is 4.62. The molecule has 0 unspecified atom stereocenters. The van der Waals surface area contributed by atoms with Gasteiger partial charge in [-0.3, -0.25) is 10.9 Å². The summed E-state index contributed by atoms with van der Waals surface area (Å²) in [6.07, 6.45) is 6.72. The molecule has 0 saturated carbocycles. The Hall–Kier alpha value is -3.07. The van der Waals surface area contributed by atoms with Gasteiger partial charge in [0.05, 0.1) is 11.9 Å². The van der Waals surface area contributed by atoms with Crippen LogP contribution in [0.15, 0.2) is 41.8 Å². The van der Waals surface area contributed by atoms with Gasteiger partial charge in [-0.2, -0.15) is 5.10 Å². The van der Waals surface area contributed by atoms with Crippen LogP contribution in [0.2, 0.25) is 0 Å². The highest BCUT2D eigenvalue weighted by molar-refractivity contribution is 5.85. The summed E-state index contributed by atoms with van der Waals surface area (Å²) in [5.74, 6) is 0.113. The number of halogens is 1. The number of nitrogens with one attached hydrogen (secondary N) is 3. The van der Waals surface area contributed by atoms with E-state index in [2.05, 4.69) is 58.9 Å². The average molecular weight is 428 g/mol. The smallest absolute Gasteiger partial charge is 0.217 e. The molecule has 166 valence electrons. The van der Waals surface area contributed by atoms with Crippen molar-refractivity contribution < 1.29 is 9.50 Å². The topological polar surface area (TPSA) is 89.7 Å². The highest BCUT2D eigenvalue weighted by Gasteiger charge is 2.40. The molecule has 0 spiro atoms. The highest BCUT2D eigenvalue weighted by Crippen LogP contribution is 2.32. The minimum atomic E-state index is -0.495. The zero-order chi connectivity index (χ0) is 22.4. The quantitative estimate of drug-likeness (QED) is 0.602. The van der Waals surface area contributed by atoms with E-state index in [1.54, 1.807) is 24.7 Å². The Bertz CT molecular complexity index is 1010. The normalized spacial score (nSPS) is 20.3. The summed E-state index contributed by atoms with van der Waals surface area (Å²) in [5.41, 5.74) is 7.14. The minimum Gasteiger partial charge on any atom is -0.507 e. The van der Waals surface area contributed by atoms with Crippen molar-refractivity contribution in [2.45, 2.75) is 57.7 Å². The first kappa shape index (κ1) is 21.2. The molecule has 1 fully saturated rings. The van der Waals surface area contributed by atoms with Crippen molar-refractivity contribution in [3.8, 4) is 11.4 Å². The third-order valence-corrected chi connectivity index (χ3v) is 5.78. The molecule has 1 aromatic heterocycles. The molecule has 4 rings (SSSR count). The monoisotopic (exact) mass is 427 g/mol. The summed E-state index contributed by atoms with van der Waals surface area (Å²) < 4.78 is 16.0. The Morgan fingerprint density at radius 2 is 1.87 bits per heavy atom. The van der Waals surface area contributed by atoms with E-state index in [9.17, 15) is 9.50 Å². The number of phenolic OH excluding ortho intramolecular Hbond substituents is 1. The fourth-order valence-electron chi connectivity index (χ4n) is 4.70. The Labute approximate surface area is 181 Å². The van der Waals surface area contributed by atoms with Crippen molar-refractivity contribution in [1.29, 1.82) is 0 Å². The zero-order valence-electron chi connectivity index (χ0n) is 18.6. The SMILES string of the molecule is CN(C1=NC=C(c2cc(F)c(-n3cccn3)cc2O)NN1)C1CC(C)(C)NC(C)(C)C1. The zero-order valence-corrected chi connectivity index (χ0v) is 18.6. The van der Waals surface area contributed by atoms with Crippen molar-refractivity contribution in [2.75, 3.05) is 7.05 Å². The number of phenols is 1. The van der Waals surface area contributed by atoms with Crippen LogP contribution >= 0.6 is 0 Å². The van der Waals surface area contributed by atoms with E-state index in [4.69, 9.17) is 0 Å². The molecule has 1 saturated heterocycles. The van der Waals surface area contributed by atoms with E-state index in [1.807, 2.05) is 7.05 Å². The van der Waals surface area contributed by atoms with Crippen molar-refractivity contribution in [1.82, 2.24) is 30.8 Å². The Morgan fingerprint density at radius 1 is 1.16 bits per heavy atom. The summed E-state index contributed by atoms with van der Waals surface area (Å²) in [4.78, 5) is 6.67. The van der Waals surface area contributed by atoms with Crippen LogP contribution in [0.25, 0.3) is 11.4 Å². The molecule has 2 aromatic rings. The second-order valence-corrected chi connectivity index (χ2v) is 9.58. The van der Waals surface area contributed by atoms with Crippen LogP contribution in [0.3, 0.4) is 0 Å². The molecule has 0 bridgehead atoms. The molecule has 0 atom stereocenters. The Kier molecular flexibility index (Phi) is 5.17. The average Bonchev–Trinajstić information content (AvgIpc) is 3.21. The summed E-state index contributed by atoms with van der Waals surface area (Å²) >= 11 is 0. The number of aromatic hydroxyl groups is 1.